The normalized spacial score (nSPS) is 23.9. The van der Waals surface area contributed by atoms with Gasteiger partial charge in [-0.05, 0) is 12.1 Å². The molecule has 2 atom stereocenters. The third kappa shape index (κ3) is 1.35. The molecule has 1 N–H and O–H groups in total. The minimum absolute atomic E-state index is 0.00259. The Morgan fingerprint density at radius 3 is 2.94 bits per heavy atom. The van der Waals surface area contributed by atoms with Gasteiger partial charge >= 0.3 is 11.9 Å². The minimum Gasteiger partial charge on any atom is -0.507 e. The number of hydrogen-bond donors (Lipinski definition) is 1. The van der Waals surface area contributed by atoms with Crippen LogP contribution in [0.15, 0.2) is 12.1 Å². The Morgan fingerprint density at radius 2 is 2.22 bits per heavy atom. The number of ether oxygens (including phenoxy) is 3. The molecule has 1 aromatic carbocycles. The summed E-state index contributed by atoms with van der Waals surface area (Å²) in [6.07, 6.45) is -0.938. The van der Waals surface area contributed by atoms with Crippen molar-refractivity contribution in [2.75, 3.05) is 7.11 Å². The van der Waals surface area contributed by atoms with Gasteiger partial charge < -0.3 is 19.3 Å². The molecule has 0 radical (unpaired) electrons. The summed E-state index contributed by atoms with van der Waals surface area (Å²) in [7, 11) is 1.22. The van der Waals surface area contributed by atoms with Gasteiger partial charge in [0, 0.05) is 0 Å². The highest BCUT2D eigenvalue weighted by Crippen LogP contribution is 2.47. The molecule has 6 heteroatoms. The van der Waals surface area contributed by atoms with E-state index in [2.05, 4.69) is 4.74 Å². The quantitative estimate of drug-likeness (QED) is 0.746. The van der Waals surface area contributed by atoms with E-state index in [1.165, 1.54) is 13.2 Å². The largest absolute Gasteiger partial charge is 0.507 e. The van der Waals surface area contributed by atoms with E-state index in [-0.39, 0.29) is 23.7 Å². The summed E-state index contributed by atoms with van der Waals surface area (Å²) in [5.41, 5.74) is 0.384. The van der Waals surface area contributed by atoms with Gasteiger partial charge in [0.2, 0.25) is 0 Å². The Balaban J connectivity index is 2.15. The van der Waals surface area contributed by atoms with Gasteiger partial charge in [-0.2, -0.15) is 0 Å². The van der Waals surface area contributed by atoms with Crippen LogP contribution in [-0.4, -0.2) is 30.3 Å². The second-order valence-corrected chi connectivity index (χ2v) is 4.13. The fourth-order valence-corrected chi connectivity index (χ4v) is 2.34. The molecule has 0 spiro atoms. The number of carbonyl (C=O) groups excluding carboxylic acids is 2. The first-order valence-corrected chi connectivity index (χ1v) is 5.42. The molecule has 0 aromatic heterocycles. The Morgan fingerprint density at radius 1 is 1.44 bits per heavy atom. The van der Waals surface area contributed by atoms with E-state index in [1.807, 2.05) is 0 Å². The predicted molar refractivity (Wildman–Crippen MR) is 57.3 cm³/mol. The Labute approximate surface area is 102 Å². The summed E-state index contributed by atoms with van der Waals surface area (Å²) in [5.74, 6) is -0.838. The number of esters is 2. The first-order valence-electron chi connectivity index (χ1n) is 5.42. The number of phenols is 1. The van der Waals surface area contributed by atoms with Crippen LogP contribution >= 0.6 is 0 Å². The number of phenolic OH excluding ortho intramolecular Hbond substituents is 1. The van der Waals surface area contributed by atoms with Crippen LogP contribution in [0.3, 0.4) is 0 Å². The second kappa shape index (κ2) is 3.63. The van der Waals surface area contributed by atoms with Crippen molar-refractivity contribution >= 4 is 11.9 Å². The van der Waals surface area contributed by atoms with Crippen LogP contribution in [0.25, 0.3) is 0 Å². The lowest BCUT2D eigenvalue weighted by Gasteiger charge is -2.11. The molecule has 0 bridgehead atoms. The first-order chi connectivity index (χ1) is 8.61. The number of methoxy groups -OCH3 is 1. The monoisotopic (exact) mass is 250 g/mol. The van der Waals surface area contributed by atoms with Crippen LogP contribution in [0.4, 0.5) is 0 Å². The number of benzene rings is 1. The molecule has 3 rings (SSSR count). The van der Waals surface area contributed by atoms with E-state index in [0.717, 1.165) is 0 Å². The maximum atomic E-state index is 11.7. The van der Waals surface area contributed by atoms with E-state index in [4.69, 9.17) is 9.47 Å². The van der Waals surface area contributed by atoms with Crippen molar-refractivity contribution in [2.24, 2.45) is 0 Å². The van der Waals surface area contributed by atoms with Crippen LogP contribution in [0.1, 0.15) is 28.4 Å². The van der Waals surface area contributed by atoms with Crippen LogP contribution in [0.2, 0.25) is 0 Å². The SMILES string of the molecule is COC(=O)c1c(O)ccc2c1[C@H]1OC(=O)C[C@H]1O2. The maximum absolute atomic E-state index is 11.7. The maximum Gasteiger partial charge on any atom is 0.342 e. The summed E-state index contributed by atoms with van der Waals surface area (Å²) in [6.45, 7) is 0. The molecule has 1 fully saturated rings. The molecule has 0 unspecified atom stereocenters. The van der Waals surface area contributed by atoms with Crippen LogP contribution in [0, 0.1) is 0 Å². The zero-order valence-corrected chi connectivity index (χ0v) is 9.50. The van der Waals surface area contributed by atoms with Crippen molar-refractivity contribution in [1.29, 1.82) is 0 Å². The standard InChI is InChI=1S/C12H10O6/c1-16-12(15)9-5(13)2-3-6-10(9)11-7(17-6)4-8(14)18-11/h2-3,7,11,13H,4H2,1H3/t7-,11+/m1/s1. The molecule has 18 heavy (non-hydrogen) atoms. The molecular weight excluding hydrogens is 240 g/mol. The number of carbonyl (C=O) groups is 2. The molecule has 1 aromatic rings. The average Bonchev–Trinajstić information content (AvgIpc) is 2.84. The average molecular weight is 250 g/mol. The lowest BCUT2D eigenvalue weighted by molar-refractivity contribution is -0.141. The minimum atomic E-state index is -0.684. The summed E-state index contributed by atoms with van der Waals surface area (Å²) >= 11 is 0. The molecule has 0 aliphatic carbocycles. The smallest absolute Gasteiger partial charge is 0.342 e. The van der Waals surface area contributed by atoms with Crippen molar-refractivity contribution in [3.05, 3.63) is 23.3 Å². The fourth-order valence-electron chi connectivity index (χ4n) is 2.34. The molecule has 2 aliphatic rings. The van der Waals surface area contributed by atoms with Crippen molar-refractivity contribution < 1.29 is 28.9 Å². The number of hydrogen-bond acceptors (Lipinski definition) is 6. The molecular formula is C12H10O6. The van der Waals surface area contributed by atoms with Gasteiger partial charge in [0.25, 0.3) is 0 Å². The van der Waals surface area contributed by atoms with Gasteiger partial charge in [-0.25, -0.2) is 4.79 Å². The van der Waals surface area contributed by atoms with Crippen molar-refractivity contribution in [1.82, 2.24) is 0 Å². The fraction of sp³-hybridized carbons (Fsp3) is 0.333. The Bertz CT molecular complexity index is 550. The Hall–Kier alpha value is -2.24. The van der Waals surface area contributed by atoms with Gasteiger partial charge in [-0.1, -0.05) is 0 Å². The summed E-state index contributed by atoms with van der Waals surface area (Å²) in [6, 6.07) is 2.90. The van der Waals surface area contributed by atoms with E-state index < -0.39 is 18.2 Å². The Kier molecular flexibility index (Phi) is 2.19. The third-order valence-corrected chi connectivity index (χ3v) is 3.10. The van der Waals surface area contributed by atoms with E-state index in [9.17, 15) is 14.7 Å². The zero-order valence-electron chi connectivity index (χ0n) is 9.50. The number of fused-ring (bicyclic) bond motifs is 3. The number of rotatable bonds is 1. The van der Waals surface area contributed by atoms with Crippen LogP contribution in [-0.2, 0) is 14.3 Å². The van der Waals surface area contributed by atoms with Gasteiger partial charge in [0.1, 0.15) is 17.1 Å². The topological polar surface area (TPSA) is 82.1 Å². The van der Waals surface area contributed by atoms with Gasteiger partial charge in [0.15, 0.2) is 12.2 Å². The number of aromatic hydroxyl groups is 1. The highest BCUT2D eigenvalue weighted by atomic mass is 16.6. The summed E-state index contributed by atoms with van der Waals surface area (Å²) in [5, 5.41) is 9.77. The zero-order chi connectivity index (χ0) is 12.9. The molecule has 94 valence electrons. The first kappa shape index (κ1) is 10.9. The van der Waals surface area contributed by atoms with Gasteiger partial charge in [0.05, 0.1) is 19.1 Å². The highest BCUT2D eigenvalue weighted by Gasteiger charge is 2.47. The summed E-state index contributed by atoms with van der Waals surface area (Å²) in [4.78, 5) is 22.9. The van der Waals surface area contributed by atoms with Crippen molar-refractivity contribution in [2.45, 2.75) is 18.6 Å². The van der Waals surface area contributed by atoms with E-state index in [0.29, 0.717) is 11.3 Å². The van der Waals surface area contributed by atoms with E-state index >= 15 is 0 Å². The molecule has 2 aliphatic heterocycles. The molecule has 6 nitrogen and oxygen atoms in total. The summed E-state index contributed by atoms with van der Waals surface area (Å²) < 4.78 is 15.3. The predicted octanol–water partition coefficient (Wildman–Crippen LogP) is 0.928. The molecule has 2 heterocycles. The van der Waals surface area contributed by atoms with Gasteiger partial charge in [-0.3, -0.25) is 4.79 Å². The lowest BCUT2D eigenvalue weighted by Crippen LogP contribution is -2.13. The van der Waals surface area contributed by atoms with Crippen molar-refractivity contribution in [3.63, 3.8) is 0 Å². The van der Waals surface area contributed by atoms with Crippen LogP contribution < -0.4 is 4.74 Å². The van der Waals surface area contributed by atoms with Crippen LogP contribution in [0.5, 0.6) is 11.5 Å². The second-order valence-electron chi connectivity index (χ2n) is 4.13. The molecule has 1 saturated heterocycles. The molecule has 0 saturated carbocycles. The van der Waals surface area contributed by atoms with Crippen molar-refractivity contribution in [3.8, 4) is 11.5 Å². The van der Waals surface area contributed by atoms with Gasteiger partial charge in [-0.15, -0.1) is 0 Å². The molecule has 0 amide bonds. The van der Waals surface area contributed by atoms with E-state index in [1.54, 1.807) is 6.07 Å². The third-order valence-electron chi connectivity index (χ3n) is 3.10. The highest BCUT2D eigenvalue weighted by molar-refractivity contribution is 5.95. The lowest BCUT2D eigenvalue weighted by atomic mass is 9.99.